The lowest BCUT2D eigenvalue weighted by Crippen LogP contribution is -2.60. The number of benzene rings is 2. The predicted molar refractivity (Wildman–Crippen MR) is 148 cm³/mol. The van der Waals surface area contributed by atoms with Gasteiger partial charge in [-0.1, -0.05) is 32.0 Å². The fourth-order valence-corrected chi connectivity index (χ4v) is 5.76. The highest BCUT2D eigenvalue weighted by molar-refractivity contribution is 5.86. The highest BCUT2D eigenvalue weighted by Gasteiger charge is 2.44. The zero-order chi connectivity index (χ0) is 26.0. The van der Waals surface area contributed by atoms with E-state index >= 15 is 0 Å². The number of nitrogens with zero attached hydrogens (tertiary/aromatic N) is 4. The maximum Gasteiger partial charge on any atom is 0.155 e. The van der Waals surface area contributed by atoms with E-state index in [1.807, 2.05) is 44.3 Å². The van der Waals surface area contributed by atoms with Crippen molar-refractivity contribution < 1.29 is 9.13 Å². The Morgan fingerprint density at radius 2 is 1.76 bits per heavy atom. The zero-order valence-corrected chi connectivity index (χ0v) is 22.4. The molecule has 0 atom stereocenters. The summed E-state index contributed by atoms with van der Waals surface area (Å²) >= 11 is 0. The molecule has 6 nitrogen and oxygen atoms in total. The molecule has 3 aromatic rings. The van der Waals surface area contributed by atoms with Gasteiger partial charge in [0.05, 0.1) is 12.3 Å². The number of ether oxygens (including phenoxy) is 1. The molecule has 2 aromatic carbocycles. The SMILES string of the molecule is CC(C)CN1CC2(CCN(c3ncncc3Nc3ccc(F)cc3-c3ccccc3OC(C)C)CC2)C1. The lowest BCUT2D eigenvalue weighted by Gasteiger charge is -2.54. The number of nitrogens with one attached hydrogen (secondary N) is 1. The number of rotatable bonds is 8. The Morgan fingerprint density at radius 3 is 2.49 bits per heavy atom. The van der Waals surface area contributed by atoms with Crippen molar-refractivity contribution in [2.24, 2.45) is 11.3 Å². The summed E-state index contributed by atoms with van der Waals surface area (Å²) < 4.78 is 20.5. The Bertz CT molecular complexity index is 1210. The van der Waals surface area contributed by atoms with Gasteiger partial charge in [-0.2, -0.15) is 0 Å². The summed E-state index contributed by atoms with van der Waals surface area (Å²) in [6.07, 6.45) is 5.77. The molecule has 0 amide bonds. The molecule has 1 spiro atoms. The molecule has 196 valence electrons. The molecular formula is C30H38FN5O. The lowest BCUT2D eigenvalue weighted by atomic mass is 9.71. The first kappa shape index (κ1) is 25.5. The van der Waals surface area contributed by atoms with E-state index in [2.05, 4.69) is 38.9 Å². The number of aromatic nitrogens is 2. The van der Waals surface area contributed by atoms with Crippen LogP contribution >= 0.6 is 0 Å². The summed E-state index contributed by atoms with van der Waals surface area (Å²) in [7, 11) is 0. The van der Waals surface area contributed by atoms with Crippen LogP contribution in [-0.4, -0.2) is 53.7 Å². The van der Waals surface area contributed by atoms with Crippen molar-refractivity contribution >= 4 is 17.2 Å². The van der Waals surface area contributed by atoms with Crippen LogP contribution in [0.15, 0.2) is 55.0 Å². The Hall–Kier alpha value is -3.19. The third-order valence-corrected chi connectivity index (χ3v) is 7.35. The van der Waals surface area contributed by atoms with Crippen molar-refractivity contribution in [2.45, 2.75) is 46.6 Å². The molecule has 1 N–H and O–H groups in total. The van der Waals surface area contributed by atoms with Gasteiger partial charge >= 0.3 is 0 Å². The van der Waals surface area contributed by atoms with Crippen LogP contribution in [0.1, 0.15) is 40.5 Å². The van der Waals surface area contributed by atoms with E-state index in [1.54, 1.807) is 18.5 Å². The number of anilines is 3. The molecule has 0 unspecified atom stereocenters. The van der Waals surface area contributed by atoms with Gasteiger partial charge in [0, 0.05) is 49.5 Å². The first-order valence-electron chi connectivity index (χ1n) is 13.4. The summed E-state index contributed by atoms with van der Waals surface area (Å²) in [5.41, 5.74) is 3.64. The monoisotopic (exact) mass is 503 g/mol. The molecule has 2 aliphatic heterocycles. The molecule has 5 rings (SSSR count). The third kappa shape index (κ3) is 5.72. The third-order valence-electron chi connectivity index (χ3n) is 7.35. The number of piperidine rings is 1. The summed E-state index contributed by atoms with van der Waals surface area (Å²) in [6, 6.07) is 12.6. The van der Waals surface area contributed by atoms with Gasteiger partial charge < -0.3 is 19.9 Å². The maximum absolute atomic E-state index is 14.4. The van der Waals surface area contributed by atoms with Crippen LogP contribution < -0.4 is 15.0 Å². The molecule has 0 bridgehead atoms. The van der Waals surface area contributed by atoms with Crippen LogP contribution in [-0.2, 0) is 0 Å². The average molecular weight is 504 g/mol. The van der Waals surface area contributed by atoms with Crippen molar-refractivity contribution in [3.05, 3.63) is 60.8 Å². The van der Waals surface area contributed by atoms with Crippen molar-refractivity contribution in [3.63, 3.8) is 0 Å². The first-order chi connectivity index (χ1) is 17.8. The lowest BCUT2D eigenvalue weighted by molar-refractivity contribution is -0.0247. The normalized spacial score (nSPS) is 17.3. The fraction of sp³-hybridized carbons (Fsp3) is 0.467. The molecule has 0 aliphatic carbocycles. The Labute approximate surface area is 219 Å². The molecule has 2 saturated heterocycles. The zero-order valence-electron chi connectivity index (χ0n) is 22.4. The van der Waals surface area contributed by atoms with Crippen LogP contribution in [0.25, 0.3) is 11.1 Å². The molecule has 2 fully saturated rings. The second-order valence-electron chi connectivity index (χ2n) is 11.3. The predicted octanol–water partition coefficient (Wildman–Crippen LogP) is 6.37. The van der Waals surface area contributed by atoms with Crippen LogP contribution in [0.5, 0.6) is 5.75 Å². The second kappa shape index (κ2) is 10.7. The standard InChI is InChI=1S/C30H38FN5O/c1-21(2)17-35-18-30(19-35)11-13-36(14-12-30)29-27(16-32-20-33-29)34-26-10-9-23(31)15-25(26)24-7-5-6-8-28(24)37-22(3)4/h5-10,15-16,20-22,34H,11-14,17-19H2,1-4H3. The van der Waals surface area contributed by atoms with E-state index in [9.17, 15) is 4.39 Å². The Kier molecular flexibility index (Phi) is 7.33. The summed E-state index contributed by atoms with van der Waals surface area (Å²) in [4.78, 5) is 13.9. The molecule has 1 aromatic heterocycles. The van der Waals surface area contributed by atoms with Crippen LogP contribution in [0, 0.1) is 17.2 Å². The van der Waals surface area contributed by atoms with Crippen LogP contribution in [0.2, 0.25) is 0 Å². The Morgan fingerprint density at radius 1 is 1.00 bits per heavy atom. The average Bonchev–Trinajstić information content (AvgIpc) is 2.85. The van der Waals surface area contributed by atoms with Gasteiger partial charge in [-0.05, 0) is 62.3 Å². The molecule has 7 heteroatoms. The van der Waals surface area contributed by atoms with E-state index < -0.39 is 0 Å². The summed E-state index contributed by atoms with van der Waals surface area (Å²) in [6.45, 7) is 14.1. The fourth-order valence-electron chi connectivity index (χ4n) is 5.76. The quantitative estimate of drug-likeness (QED) is 0.385. The minimum absolute atomic E-state index is 0.00996. The van der Waals surface area contributed by atoms with Gasteiger partial charge in [0.1, 0.15) is 23.6 Å². The van der Waals surface area contributed by atoms with Gasteiger partial charge in [0.2, 0.25) is 0 Å². The topological polar surface area (TPSA) is 53.5 Å². The van der Waals surface area contributed by atoms with Crippen molar-refractivity contribution in [3.8, 4) is 16.9 Å². The summed E-state index contributed by atoms with van der Waals surface area (Å²) in [5, 5.41) is 3.52. The van der Waals surface area contributed by atoms with Crippen molar-refractivity contribution in [2.75, 3.05) is 42.9 Å². The molecular weight excluding hydrogens is 465 g/mol. The minimum atomic E-state index is -0.294. The molecule has 2 aliphatic rings. The van der Waals surface area contributed by atoms with Crippen LogP contribution in [0.4, 0.5) is 21.6 Å². The second-order valence-corrected chi connectivity index (χ2v) is 11.3. The molecule has 0 saturated carbocycles. The number of halogens is 1. The number of likely N-dealkylation sites (tertiary alicyclic amines) is 1. The number of hydrogen-bond acceptors (Lipinski definition) is 6. The van der Waals surface area contributed by atoms with Gasteiger partial charge in [-0.25, -0.2) is 14.4 Å². The van der Waals surface area contributed by atoms with E-state index in [0.29, 0.717) is 11.3 Å². The van der Waals surface area contributed by atoms with E-state index in [0.717, 1.165) is 47.2 Å². The van der Waals surface area contributed by atoms with E-state index in [-0.39, 0.29) is 11.9 Å². The number of hydrogen-bond donors (Lipinski definition) is 1. The largest absolute Gasteiger partial charge is 0.490 e. The first-order valence-corrected chi connectivity index (χ1v) is 13.4. The highest BCUT2D eigenvalue weighted by atomic mass is 19.1. The Balaban J connectivity index is 1.36. The van der Waals surface area contributed by atoms with Gasteiger partial charge in [-0.15, -0.1) is 0 Å². The van der Waals surface area contributed by atoms with E-state index in [1.165, 1.54) is 38.5 Å². The van der Waals surface area contributed by atoms with Gasteiger partial charge in [0.15, 0.2) is 5.82 Å². The van der Waals surface area contributed by atoms with Crippen molar-refractivity contribution in [1.82, 2.24) is 14.9 Å². The van der Waals surface area contributed by atoms with Gasteiger partial charge in [-0.3, -0.25) is 0 Å². The van der Waals surface area contributed by atoms with E-state index in [4.69, 9.17) is 4.74 Å². The van der Waals surface area contributed by atoms with Crippen LogP contribution in [0.3, 0.4) is 0 Å². The van der Waals surface area contributed by atoms with Crippen molar-refractivity contribution in [1.29, 1.82) is 0 Å². The summed E-state index contributed by atoms with van der Waals surface area (Å²) in [5.74, 6) is 2.04. The molecule has 0 radical (unpaired) electrons. The highest BCUT2D eigenvalue weighted by Crippen LogP contribution is 2.43. The maximum atomic E-state index is 14.4. The molecule has 37 heavy (non-hydrogen) atoms. The minimum Gasteiger partial charge on any atom is -0.490 e. The molecule has 3 heterocycles. The number of para-hydroxylation sites is 1. The smallest absolute Gasteiger partial charge is 0.155 e. The van der Waals surface area contributed by atoms with Gasteiger partial charge in [0.25, 0.3) is 0 Å².